The van der Waals surface area contributed by atoms with Gasteiger partial charge in [0, 0.05) is 20.2 Å². The van der Waals surface area contributed by atoms with Crippen molar-refractivity contribution in [2.45, 2.75) is 25.9 Å². The summed E-state index contributed by atoms with van der Waals surface area (Å²) in [5.41, 5.74) is 5.36. The second-order valence-corrected chi connectivity index (χ2v) is 2.65. The van der Waals surface area contributed by atoms with Gasteiger partial charge in [-0.25, -0.2) is 0 Å². The van der Waals surface area contributed by atoms with Crippen molar-refractivity contribution in [3.05, 3.63) is 0 Å². The molecule has 0 aromatic carbocycles. The number of carbonyl (C=O) groups is 1. The first-order valence-electron chi connectivity index (χ1n) is 4.24. The number of ether oxygens (including phenoxy) is 1. The van der Waals surface area contributed by atoms with Crippen LogP contribution in [0, 0.1) is 0 Å². The first-order valence-corrected chi connectivity index (χ1v) is 4.24. The molecule has 0 aliphatic heterocycles. The van der Waals surface area contributed by atoms with Gasteiger partial charge in [-0.05, 0) is 6.42 Å². The van der Waals surface area contributed by atoms with Gasteiger partial charge in [0.1, 0.15) is 0 Å². The number of rotatable bonds is 6. The predicted molar refractivity (Wildman–Crippen MR) is 47.8 cm³/mol. The number of carbonyl (C=O) groups excluding carboxylic acids is 1. The molecule has 0 rings (SSSR count). The maximum Gasteiger partial charge on any atom is 0.222 e. The summed E-state index contributed by atoms with van der Waals surface area (Å²) in [7, 11) is 1.56. The summed E-state index contributed by atoms with van der Waals surface area (Å²) in [6.45, 7) is 3.12. The van der Waals surface area contributed by atoms with Gasteiger partial charge in [-0.3, -0.25) is 4.79 Å². The van der Waals surface area contributed by atoms with Gasteiger partial charge in [-0.15, -0.1) is 0 Å². The van der Waals surface area contributed by atoms with E-state index < -0.39 is 0 Å². The fraction of sp³-hybridized carbons (Fsp3) is 0.875. The van der Waals surface area contributed by atoms with Gasteiger partial charge in [0.05, 0.1) is 12.5 Å². The summed E-state index contributed by atoms with van der Waals surface area (Å²) in [6, 6.07) is 0. The SMILES string of the molecule is CCCNC(=O)CC(CN)OC. The number of hydrogen-bond acceptors (Lipinski definition) is 3. The van der Waals surface area contributed by atoms with Crippen LogP contribution in [-0.2, 0) is 9.53 Å². The van der Waals surface area contributed by atoms with E-state index in [9.17, 15) is 4.79 Å². The molecule has 1 amide bonds. The monoisotopic (exact) mass is 174 g/mol. The number of amides is 1. The first kappa shape index (κ1) is 11.4. The van der Waals surface area contributed by atoms with Gasteiger partial charge < -0.3 is 15.8 Å². The maximum atomic E-state index is 11.1. The predicted octanol–water partition coefficient (Wildman–Crippen LogP) is -0.124. The Labute approximate surface area is 73.5 Å². The van der Waals surface area contributed by atoms with Crippen LogP contribution in [0.15, 0.2) is 0 Å². The molecule has 0 aliphatic carbocycles. The van der Waals surface area contributed by atoms with Crippen LogP contribution in [0.25, 0.3) is 0 Å². The maximum absolute atomic E-state index is 11.1. The van der Waals surface area contributed by atoms with Crippen molar-refractivity contribution in [2.24, 2.45) is 5.73 Å². The molecule has 0 aromatic heterocycles. The molecule has 0 heterocycles. The Balaban J connectivity index is 3.52. The number of methoxy groups -OCH3 is 1. The first-order chi connectivity index (χ1) is 5.74. The molecule has 1 unspecified atom stereocenters. The Morgan fingerprint density at radius 3 is 2.75 bits per heavy atom. The Morgan fingerprint density at radius 1 is 1.67 bits per heavy atom. The van der Waals surface area contributed by atoms with Crippen LogP contribution in [-0.4, -0.2) is 32.2 Å². The highest BCUT2D eigenvalue weighted by Gasteiger charge is 2.09. The van der Waals surface area contributed by atoms with Crippen molar-refractivity contribution in [1.29, 1.82) is 0 Å². The van der Waals surface area contributed by atoms with Crippen molar-refractivity contribution in [3.63, 3.8) is 0 Å². The highest BCUT2D eigenvalue weighted by molar-refractivity contribution is 5.76. The van der Waals surface area contributed by atoms with E-state index in [1.807, 2.05) is 6.92 Å². The smallest absolute Gasteiger partial charge is 0.222 e. The Hall–Kier alpha value is -0.610. The molecule has 3 N–H and O–H groups in total. The van der Waals surface area contributed by atoms with Gasteiger partial charge in [-0.2, -0.15) is 0 Å². The van der Waals surface area contributed by atoms with Gasteiger partial charge in [0.25, 0.3) is 0 Å². The van der Waals surface area contributed by atoms with E-state index in [1.165, 1.54) is 0 Å². The molecule has 4 nitrogen and oxygen atoms in total. The standard InChI is InChI=1S/C8H18N2O2/c1-3-4-10-8(11)5-7(6-9)12-2/h7H,3-6,9H2,1-2H3,(H,10,11). The third-order valence-electron chi connectivity index (χ3n) is 1.58. The third kappa shape index (κ3) is 5.09. The van der Waals surface area contributed by atoms with E-state index in [0.29, 0.717) is 13.0 Å². The van der Waals surface area contributed by atoms with Crippen LogP contribution in [0.3, 0.4) is 0 Å². The van der Waals surface area contributed by atoms with E-state index in [4.69, 9.17) is 10.5 Å². The van der Waals surface area contributed by atoms with Crippen molar-refractivity contribution in [1.82, 2.24) is 5.32 Å². The molecule has 0 bridgehead atoms. The van der Waals surface area contributed by atoms with E-state index in [2.05, 4.69) is 5.32 Å². The lowest BCUT2D eigenvalue weighted by Gasteiger charge is -2.11. The highest BCUT2D eigenvalue weighted by Crippen LogP contribution is 1.93. The largest absolute Gasteiger partial charge is 0.380 e. The number of hydrogen-bond donors (Lipinski definition) is 2. The van der Waals surface area contributed by atoms with Gasteiger partial charge in [0.15, 0.2) is 0 Å². The Morgan fingerprint density at radius 2 is 2.33 bits per heavy atom. The van der Waals surface area contributed by atoms with Crippen LogP contribution in [0.1, 0.15) is 19.8 Å². The third-order valence-corrected chi connectivity index (χ3v) is 1.58. The molecule has 1 atom stereocenters. The topological polar surface area (TPSA) is 64.4 Å². The summed E-state index contributed by atoms with van der Waals surface area (Å²) in [6.07, 6.45) is 1.15. The summed E-state index contributed by atoms with van der Waals surface area (Å²) in [5.74, 6) is 0.00847. The van der Waals surface area contributed by atoms with E-state index >= 15 is 0 Å². The average Bonchev–Trinajstić information content (AvgIpc) is 2.10. The number of nitrogens with two attached hydrogens (primary N) is 1. The number of nitrogens with one attached hydrogen (secondary N) is 1. The lowest BCUT2D eigenvalue weighted by molar-refractivity contribution is -0.123. The lowest BCUT2D eigenvalue weighted by atomic mass is 10.2. The minimum atomic E-state index is -0.151. The minimum Gasteiger partial charge on any atom is -0.380 e. The molecule has 0 radical (unpaired) electrons. The van der Waals surface area contributed by atoms with Gasteiger partial charge >= 0.3 is 0 Å². The molecule has 0 saturated carbocycles. The molecule has 0 fully saturated rings. The molecule has 0 aromatic rings. The Kier molecular flexibility index (Phi) is 6.70. The molecule has 12 heavy (non-hydrogen) atoms. The highest BCUT2D eigenvalue weighted by atomic mass is 16.5. The summed E-state index contributed by atoms with van der Waals surface area (Å²) >= 11 is 0. The van der Waals surface area contributed by atoms with E-state index in [1.54, 1.807) is 7.11 Å². The van der Waals surface area contributed by atoms with Crippen LogP contribution >= 0.6 is 0 Å². The molecular formula is C8H18N2O2. The molecule has 0 saturated heterocycles. The normalized spacial score (nSPS) is 12.6. The lowest BCUT2D eigenvalue weighted by Crippen LogP contribution is -2.32. The molecule has 72 valence electrons. The minimum absolute atomic E-state index is 0.00847. The van der Waals surface area contributed by atoms with Crippen molar-refractivity contribution >= 4 is 5.91 Å². The molecule has 4 heteroatoms. The zero-order chi connectivity index (χ0) is 9.40. The average molecular weight is 174 g/mol. The zero-order valence-electron chi connectivity index (χ0n) is 7.80. The second-order valence-electron chi connectivity index (χ2n) is 2.65. The van der Waals surface area contributed by atoms with Crippen LogP contribution in [0.5, 0.6) is 0 Å². The Bertz CT molecular complexity index is 124. The fourth-order valence-corrected chi connectivity index (χ4v) is 0.806. The van der Waals surface area contributed by atoms with Crippen molar-refractivity contribution < 1.29 is 9.53 Å². The van der Waals surface area contributed by atoms with Crippen molar-refractivity contribution in [2.75, 3.05) is 20.2 Å². The van der Waals surface area contributed by atoms with Gasteiger partial charge in [0.2, 0.25) is 5.91 Å². The summed E-state index contributed by atoms with van der Waals surface area (Å²) in [4.78, 5) is 11.1. The quantitative estimate of drug-likeness (QED) is 0.590. The van der Waals surface area contributed by atoms with E-state index in [-0.39, 0.29) is 12.0 Å². The fourth-order valence-electron chi connectivity index (χ4n) is 0.806. The second kappa shape index (κ2) is 7.06. The molecule has 0 spiro atoms. The van der Waals surface area contributed by atoms with Gasteiger partial charge in [-0.1, -0.05) is 6.92 Å². The van der Waals surface area contributed by atoms with E-state index in [0.717, 1.165) is 13.0 Å². The zero-order valence-corrected chi connectivity index (χ0v) is 7.80. The van der Waals surface area contributed by atoms with Crippen LogP contribution in [0.2, 0.25) is 0 Å². The molecular weight excluding hydrogens is 156 g/mol. The van der Waals surface area contributed by atoms with Crippen LogP contribution < -0.4 is 11.1 Å². The summed E-state index contributed by atoms with van der Waals surface area (Å²) in [5, 5.41) is 2.76. The molecule has 0 aliphatic rings. The van der Waals surface area contributed by atoms with Crippen molar-refractivity contribution in [3.8, 4) is 0 Å². The summed E-state index contributed by atoms with van der Waals surface area (Å²) < 4.78 is 4.96. The van der Waals surface area contributed by atoms with Crippen LogP contribution in [0.4, 0.5) is 0 Å².